The van der Waals surface area contributed by atoms with Crippen LogP contribution < -0.4 is 10.1 Å². The SMILES string of the molecule is CCCOc1cc(NC(C)C)nc(C2CC2)n1. The molecule has 0 aromatic carbocycles. The number of rotatable bonds is 6. The molecule has 1 fully saturated rings. The Morgan fingerprint density at radius 2 is 2.18 bits per heavy atom. The van der Waals surface area contributed by atoms with Crippen LogP contribution in [0.15, 0.2) is 6.07 Å². The highest BCUT2D eigenvalue weighted by atomic mass is 16.5. The minimum Gasteiger partial charge on any atom is -0.478 e. The first-order valence-electron chi connectivity index (χ1n) is 6.47. The second kappa shape index (κ2) is 5.34. The van der Waals surface area contributed by atoms with E-state index >= 15 is 0 Å². The largest absolute Gasteiger partial charge is 0.478 e. The van der Waals surface area contributed by atoms with E-state index in [0.717, 1.165) is 18.1 Å². The number of anilines is 1. The first-order chi connectivity index (χ1) is 8.19. The van der Waals surface area contributed by atoms with Gasteiger partial charge < -0.3 is 10.1 Å². The first kappa shape index (κ1) is 12.1. The number of hydrogen-bond acceptors (Lipinski definition) is 4. The quantitative estimate of drug-likeness (QED) is 0.823. The zero-order chi connectivity index (χ0) is 12.3. The van der Waals surface area contributed by atoms with Crippen molar-refractivity contribution in [1.29, 1.82) is 0 Å². The van der Waals surface area contributed by atoms with Gasteiger partial charge in [-0.25, -0.2) is 4.98 Å². The van der Waals surface area contributed by atoms with E-state index < -0.39 is 0 Å². The molecule has 17 heavy (non-hydrogen) atoms. The summed E-state index contributed by atoms with van der Waals surface area (Å²) in [4.78, 5) is 9.01. The lowest BCUT2D eigenvalue weighted by Crippen LogP contribution is -2.13. The van der Waals surface area contributed by atoms with E-state index in [1.807, 2.05) is 6.07 Å². The lowest BCUT2D eigenvalue weighted by Gasteiger charge is -2.12. The van der Waals surface area contributed by atoms with Gasteiger partial charge in [-0.05, 0) is 33.1 Å². The van der Waals surface area contributed by atoms with Crippen molar-refractivity contribution >= 4 is 5.82 Å². The molecule has 1 aliphatic carbocycles. The third kappa shape index (κ3) is 3.58. The number of aromatic nitrogens is 2. The molecule has 1 aromatic rings. The number of hydrogen-bond donors (Lipinski definition) is 1. The van der Waals surface area contributed by atoms with Crippen LogP contribution in [0.3, 0.4) is 0 Å². The molecule has 0 unspecified atom stereocenters. The highest BCUT2D eigenvalue weighted by molar-refractivity contribution is 5.40. The maximum absolute atomic E-state index is 5.60. The number of nitrogens with one attached hydrogen (secondary N) is 1. The van der Waals surface area contributed by atoms with Crippen LogP contribution in [0.5, 0.6) is 5.88 Å². The van der Waals surface area contributed by atoms with Crippen molar-refractivity contribution in [1.82, 2.24) is 9.97 Å². The summed E-state index contributed by atoms with van der Waals surface area (Å²) in [6.45, 7) is 7.01. The molecule has 1 saturated carbocycles. The molecule has 1 heterocycles. The lowest BCUT2D eigenvalue weighted by atomic mass is 10.3. The van der Waals surface area contributed by atoms with Gasteiger partial charge in [-0.3, -0.25) is 0 Å². The highest BCUT2D eigenvalue weighted by Gasteiger charge is 2.27. The van der Waals surface area contributed by atoms with Crippen LogP contribution in [0.25, 0.3) is 0 Å². The second-order valence-corrected chi connectivity index (χ2v) is 4.87. The molecule has 0 bridgehead atoms. The predicted octanol–water partition coefficient (Wildman–Crippen LogP) is 2.96. The van der Waals surface area contributed by atoms with Crippen LogP contribution in [-0.2, 0) is 0 Å². The summed E-state index contributed by atoms with van der Waals surface area (Å²) in [5, 5.41) is 3.31. The standard InChI is InChI=1S/C13H21N3O/c1-4-7-17-12-8-11(14-9(2)3)15-13(16-12)10-5-6-10/h8-10H,4-7H2,1-3H3,(H,14,15,16). The Morgan fingerprint density at radius 3 is 2.76 bits per heavy atom. The van der Waals surface area contributed by atoms with E-state index in [4.69, 9.17) is 4.74 Å². The highest BCUT2D eigenvalue weighted by Crippen LogP contribution is 2.39. The fraction of sp³-hybridized carbons (Fsp3) is 0.692. The zero-order valence-electron chi connectivity index (χ0n) is 10.9. The van der Waals surface area contributed by atoms with Gasteiger partial charge in [0.25, 0.3) is 0 Å². The molecular formula is C13H21N3O. The average Bonchev–Trinajstić information content (AvgIpc) is 3.08. The Kier molecular flexibility index (Phi) is 3.82. The van der Waals surface area contributed by atoms with Crippen molar-refractivity contribution in [3.05, 3.63) is 11.9 Å². The minimum atomic E-state index is 0.371. The molecule has 1 aliphatic rings. The van der Waals surface area contributed by atoms with E-state index in [-0.39, 0.29) is 0 Å². The molecule has 1 aromatic heterocycles. The maximum atomic E-state index is 5.60. The van der Waals surface area contributed by atoms with Crippen LogP contribution in [-0.4, -0.2) is 22.6 Å². The van der Waals surface area contributed by atoms with Crippen molar-refractivity contribution in [3.8, 4) is 5.88 Å². The van der Waals surface area contributed by atoms with Crippen molar-refractivity contribution in [2.24, 2.45) is 0 Å². The summed E-state index contributed by atoms with van der Waals surface area (Å²) in [7, 11) is 0. The van der Waals surface area contributed by atoms with Gasteiger partial charge in [0.1, 0.15) is 11.6 Å². The third-order valence-electron chi connectivity index (χ3n) is 2.55. The topological polar surface area (TPSA) is 47.0 Å². The van der Waals surface area contributed by atoms with Gasteiger partial charge in [0.15, 0.2) is 0 Å². The van der Waals surface area contributed by atoms with Crippen molar-refractivity contribution in [2.45, 2.75) is 52.0 Å². The van der Waals surface area contributed by atoms with Gasteiger partial charge in [-0.2, -0.15) is 4.98 Å². The molecule has 0 atom stereocenters. The molecule has 2 rings (SSSR count). The van der Waals surface area contributed by atoms with E-state index in [0.29, 0.717) is 24.4 Å². The van der Waals surface area contributed by atoms with Crippen molar-refractivity contribution in [3.63, 3.8) is 0 Å². The van der Waals surface area contributed by atoms with Gasteiger partial charge >= 0.3 is 0 Å². The Balaban J connectivity index is 2.15. The molecule has 0 amide bonds. The fourth-order valence-corrected chi connectivity index (χ4v) is 1.62. The Bertz CT molecular complexity index is 375. The monoisotopic (exact) mass is 235 g/mol. The predicted molar refractivity (Wildman–Crippen MR) is 68.6 cm³/mol. The molecule has 0 radical (unpaired) electrons. The van der Waals surface area contributed by atoms with Gasteiger partial charge in [-0.15, -0.1) is 0 Å². The van der Waals surface area contributed by atoms with Gasteiger partial charge in [-0.1, -0.05) is 6.92 Å². The number of nitrogens with zero attached hydrogens (tertiary/aromatic N) is 2. The smallest absolute Gasteiger partial charge is 0.218 e. The van der Waals surface area contributed by atoms with Crippen molar-refractivity contribution in [2.75, 3.05) is 11.9 Å². The molecular weight excluding hydrogens is 214 g/mol. The Morgan fingerprint density at radius 1 is 1.41 bits per heavy atom. The lowest BCUT2D eigenvalue weighted by molar-refractivity contribution is 0.303. The van der Waals surface area contributed by atoms with Gasteiger partial charge in [0.2, 0.25) is 5.88 Å². The maximum Gasteiger partial charge on any atom is 0.218 e. The second-order valence-electron chi connectivity index (χ2n) is 4.87. The van der Waals surface area contributed by atoms with Crippen LogP contribution >= 0.6 is 0 Å². The van der Waals surface area contributed by atoms with E-state index in [1.165, 1.54) is 12.8 Å². The van der Waals surface area contributed by atoms with E-state index in [9.17, 15) is 0 Å². The summed E-state index contributed by atoms with van der Waals surface area (Å²) in [6.07, 6.45) is 3.41. The zero-order valence-corrected chi connectivity index (χ0v) is 10.9. The fourth-order valence-electron chi connectivity index (χ4n) is 1.62. The minimum absolute atomic E-state index is 0.371. The normalized spacial score (nSPS) is 15.1. The molecule has 94 valence electrons. The van der Waals surface area contributed by atoms with Crippen LogP contribution in [0, 0.1) is 0 Å². The molecule has 0 saturated heterocycles. The summed E-state index contributed by atoms with van der Waals surface area (Å²) in [5.74, 6) is 3.06. The Hall–Kier alpha value is -1.32. The van der Waals surface area contributed by atoms with Gasteiger partial charge in [0.05, 0.1) is 6.61 Å². The summed E-state index contributed by atoms with van der Waals surface area (Å²) < 4.78 is 5.60. The van der Waals surface area contributed by atoms with Crippen LogP contribution in [0.2, 0.25) is 0 Å². The molecule has 0 spiro atoms. The molecule has 4 nitrogen and oxygen atoms in total. The molecule has 1 N–H and O–H groups in total. The van der Waals surface area contributed by atoms with Crippen LogP contribution in [0.1, 0.15) is 51.8 Å². The molecule has 4 heteroatoms. The van der Waals surface area contributed by atoms with E-state index in [2.05, 4.69) is 36.1 Å². The summed E-state index contributed by atoms with van der Waals surface area (Å²) >= 11 is 0. The first-order valence-corrected chi connectivity index (χ1v) is 6.47. The average molecular weight is 235 g/mol. The number of ether oxygens (including phenoxy) is 1. The third-order valence-corrected chi connectivity index (χ3v) is 2.55. The Labute approximate surface area is 103 Å². The van der Waals surface area contributed by atoms with E-state index in [1.54, 1.807) is 0 Å². The van der Waals surface area contributed by atoms with Crippen LogP contribution in [0.4, 0.5) is 5.82 Å². The van der Waals surface area contributed by atoms with Crippen molar-refractivity contribution < 1.29 is 4.74 Å². The van der Waals surface area contributed by atoms with Gasteiger partial charge in [0, 0.05) is 18.0 Å². The summed E-state index contributed by atoms with van der Waals surface area (Å²) in [5.41, 5.74) is 0. The summed E-state index contributed by atoms with van der Waals surface area (Å²) in [6, 6.07) is 2.26. The molecule has 0 aliphatic heterocycles.